The summed E-state index contributed by atoms with van der Waals surface area (Å²) in [6.07, 6.45) is 1.71. The molecule has 0 aliphatic heterocycles. The van der Waals surface area contributed by atoms with Crippen LogP contribution in [-0.4, -0.2) is 15.5 Å². The molecule has 0 radical (unpaired) electrons. The molecule has 0 saturated heterocycles. The Kier molecular flexibility index (Phi) is 4.42. The Balaban J connectivity index is 1.76. The van der Waals surface area contributed by atoms with Gasteiger partial charge in [-0.25, -0.2) is 4.98 Å². The van der Waals surface area contributed by atoms with E-state index in [1.165, 1.54) is 0 Å². The number of nitrogens with zero attached hydrogens (tertiary/aromatic N) is 2. The third kappa shape index (κ3) is 3.19. The molecule has 4 nitrogen and oxygen atoms in total. The van der Waals surface area contributed by atoms with E-state index in [0.29, 0.717) is 10.7 Å². The number of imidazole rings is 1. The molecule has 0 saturated carbocycles. The van der Waals surface area contributed by atoms with Crippen LogP contribution in [0.4, 0.5) is 5.69 Å². The fourth-order valence-corrected chi connectivity index (χ4v) is 3.13. The zero-order valence-corrected chi connectivity index (χ0v) is 14.6. The monoisotopic (exact) mass is 361 g/mol. The molecule has 1 heterocycles. The summed E-state index contributed by atoms with van der Waals surface area (Å²) in [6.45, 7) is 0. The lowest BCUT2D eigenvalue weighted by Crippen LogP contribution is -2.26. The Morgan fingerprint density at radius 2 is 1.62 bits per heavy atom. The standard InChI is InChI=1S/C21H16ClN3O/c22-16-10-12-17(13-11-16)24-21(26)20(15-6-2-1-3-7-15)25-14-23-18-8-4-5-9-19(18)25/h1-14,20H,(H,24,26)/t20-/m1/s1. The number of benzene rings is 3. The van der Waals surface area contributed by atoms with Gasteiger partial charge in [-0.05, 0) is 42.0 Å². The van der Waals surface area contributed by atoms with E-state index in [2.05, 4.69) is 10.3 Å². The maximum absolute atomic E-state index is 13.1. The van der Waals surface area contributed by atoms with Crippen LogP contribution in [0.1, 0.15) is 11.6 Å². The quantitative estimate of drug-likeness (QED) is 0.561. The third-order valence-corrected chi connectivity index (χ3v) is 4.49. The number of hydrogen-bond donors (Lipinski definition) is 1. The zero-order valence-electron chi connectivity index (χ0n) is 13.8. The number of carbonyl (C=O) groups is 1. The molecule has 0 fully saturated rings. The molecule has 0 bridgehead atoms. The second kappa shape index (κ2) is 7.02. The summed E-state index contributed by atoms with van der Waals surface area (Å²) in [7, 11) is 0. The van der Waals surface area contributed by atoms with E-state index >= 15 is 0 Å². The predicted molar refractivity (Wildman–Crippen MR) is 104 cm³/mol. The van der Waals surface area contributed by atoms with E-state index in [4.69, 9.17) is 11.6 Å². The summed E-state index contributed by atoms with van der Waals surface area (Å²) in [5.41, 5.74) is 3.35. The minimum absolute atomic E-state index is 0.137. The summed E-state index contributed by atoms with van der Waals surface area (Å²) >= 11 is 5.93. The number of carbonyl (C=O) groups excluding carboxylic acids is 1. The van der Waals surface area contributed by atoms with Crippen molar-refractivity contribution >= 4 is 34.2 Å². The van der Waals surface area contributed by atoms with Crippen molar-refractivity contribution in [1.82, 2.24) is 9.55 Å². The number of nitrogens with one attached hydrogen (secondary N) is 1. The van der Waals surface area contributed by atoms with Gasteiger partial charge in [0.05, 0.1) is 17.4 Å². The minimum atomic E-state index is -0.528. The van der Waals surface area contributed by atoms with Crippen molar-refractivity contribution in [2.75, 3.05) is 5.32 Å². The van der Waals surface area contributed by atoms with Gasteiger partial charge in [-0.2, -0.15) is 0 Å². The van der Waals surface area contributed by atoms with Gasteiger partial charge in [-0.1, -0.05) is 54.1 Å². The van der Waals surface area contributed by atoms with Crippen molar-refractivity contribution in [1.29, 1.82) is 0 Å². The molecule has 5 heteroatoms. The summed E-state index contributed by atoms with van der Waals surface area (Å²) in [4.78, 5) is 17.6. The average molecular weight is 362 g/mol. The first-order valence-corrected chi connectivity index (χ1v) is 8.63. The summed E-state index contributed by atoms with van der Waals surface area (Å²) in [6, 6.07) is 24.0. The average Bonchev–Trinajstić information content (AvgIpc) is 3.09. The van der Waals surface area contributed by atoms with E-state index in [1.54, 1.807) is 30.6 Å². The summed E-state index contributed by atoms with van der Waals surface area (Å²) in [5.74, 6) is -0.137. The van der Waals surface area contributed by atoms with Crippen LogP contribution in [0.5, 0.6) is 0 Å². The first kappa shape index (κ1) is 16.4. The van der Waals surface area contributed by atoms with Crippen LogP contribution in [0.25, 0.3) is 11.0 Å². The molecular weight excluding hydrogens is 346 g/mol. The molecule has 4 rings (SSSR count). The lowest BCUT2D eigenvalue weighted by molar-refractivity contribution is -0.118. The van der Waals surface area contributed by atoms with Crippen LogP contribution in [-0.2, 0) is 4.79 Å². The van der Waals surface area contributed by atoms with Gasteiger partial charge in [0.2, 0.25) is 0 Å². The van der Waals surface area contributed by atoms with Crippen molar-refractivity contribution in [3.8, 4) is 0 Å². The fraction of sp³-hybridized carbons (Fsp3) is 0.0476. The van der Waals surface area contributed by atoms with Crippen molar-refractivity contribution in [3.63, 3.8) is 0 Å². The molecule has 26 heavy (non-hydrogen) atoms. The number of hydrogen-bond acceptors (Lipinski definition) is 2. The van der Waals surface area contributed by atoms with E-state index in [9.17, 15) is 4.79 Å². The van der Waals surface area contributed by atoms with Crippen molar-refractivity contribution < 1.29 is 4.79 Å². The van der Waals surface area contributed by atoms with Gasteiger partial charge in [-0.15, -0.1) is 0 Å². The molecule has 4 aromatic rings. The predicted octanol–water partition coefficient (Wildman–Crippen LogP) is 4.92. The highest BCUT2D eigenvalue weighted by Crippen LogP contribution is 2.25. The number of aromatic nitrogens is 2. The normalized spacial score (nSPS) is 12.0. The minimum Gasteiger partial charge on any atom is -0.324 e. The van der Waals surface area contributed by atoms with Gasteiger partial charge in [0.25, 0.3) is 5.91 Å². The number of halogens is 1. The second-order valence-corrected chi connectivity index (χ2v) is 6.39. The van der Waals surface area contributed by atoms with Crippen LogP contribution in [0, 0.1) is 0 Å². The first-order valence-electron chi connectivity index (χ1n) is 8.25. The van der Waals surface area contributed by atoms with Crippen LogP contribution in [0.2, 0.25) is 5.02 Å². The number of fused-ring (bicyclic) bond motifs is 1. The van der Waals surface area contributed by atoms with Gasteiger partial charge in [0, 0.05) is 10.7 Å². The van der Waals surface area contributed by atoms with Crippen molar-refractivity contribution in [3.05, 3.63) is 95.8 Å². The molecule has 1 atom stereocenters. The Hall–Kier alpha value is -3.11. The van der Waals surface area contributed by atoms with Gasteiger partial charge in [0.1, 0.15) is 6.04 Å². The number of amides is 1. The SMILES string of the molecule is O=C(Nc1ccc(Cl)cc1)[C@@H](c1ccccc1)n1cnc2ccccc21. The van der Waals surface area contributed by atoms with Gasteiger partial charge >= 0.3 is 0 Å². The molecule has 128 valence electrons. The lowest BCUT2D eigenvalue weighted by atomic mass is 10.1. The molecule has 0 aliphatic carbocycles. The Labute approximate surface area is 156 Å². The number of anilines is 1. The molecule has 0 aliphatic rings. The Morgan fingerprint density at radius 1 is 0.923 bits per heavy atom. The van der Waals surface area contributed by atoms with Gasteiger partial charge in [-0.3, -0.25) is 4.79 Å². The number of rotatable bonds is 4. The Bertz CT molecular complexity index is 1040. The van der Waals surface area contributed by atoms with Crippen molar-refractivity contribution in [2.45, 2.75) is 6.04 Å². The maximum atomic E-state index is 13.1. The second-order valence-electron chi connectivity index (χ2n) is 5.95. The molecule has 0 spiro atoms. The van der Waals surface area contributed by atoms with Gasteiger partial charge in [0.15, 0.2) is 0 Å². The van der Waals surface area contributed by atoms with Gasteiger partial charge < -0.3 is 9.88 Å². The van der Waals surface area contributed by atoms with E-state index < -0.39 is 6.04 Å². The number of para-hydroxylation sites is 2. The van der Waals surface area contributed by atoms with Crippen LogP contribution in [0.15, 0.2) is 85.2 Å². The summed E-state index contributed by atoms with van der Waals surface area (Å²) < 4.78 is 1.90. The van der Waals surface area contributed by atoms with E-state index in [0.717, 1.165) is 16.6 Å². The third-order valence-electron chi connectivity index (χ3n) is 4.23. The highest BCUT2D eigenvalue weighted by atomic mass is 35.5. The highest BCUT2D eigenvalue weighted by Gasteiger charge is 2.24. The topological polar surface area (TPSA) is 46.9 Å². The van der Waals surface area contributed by atoms with E-state index in [1.807, 2.05) is 59.2 Å². The molecule has 1 aromatic heterocycles. The molecule has 0 unspecified atom stereocenters. The highest BCUT2D eigenvalue weighted by molar-refractivity contribution is 6.30. The molecule has 1 amide bonds. The zero-order chi connectivity index (χ0) is 17.9. The van der Waals surface area contributed by atoms with Crippen molar-refractivity contribution in [2.24, 2.45) is 0 Å². The van der Waals surface area contributed by atoms with E-state index in [-0.39, 0.29) is 5.91 Å². The van der Waals surface area contributed by atoms with Crippen LogP contribution < -0.4 is 5.32 Å². The van der Waals surface area contributed by atoms with Crippen LogP contribution >= 0.6 is 11.6 Å². The maximum Gasteiger partial charge on any atom is 0.252 e. The van der Waals surface area contributed by atoms with Crippen LogP contribution in [0.3, 0.4) is 0 Å². The first-order chi connectivity index (χ1) is 12.7. The lowest BCUT2D eigenvalue weighted by Gasteiger charge is -2.19. The molecule has 3 aromatic carbocycles. The molecular formula is C21H16ClN3O. The smallest absolute Gasteiger partial charge is 0.252 e. The fourth-order valence-electron chi connectivity index (χ4n) is 3.00. The molecule has 1 N–H and O–H groups in total. The summed E-state index contributed by atoms with van der Waals surface area (Å²) in [5, 5.41) is 3.60. The largest absolute Gasteiger partial charge is 0.324 e. The Morgan fingerprint density at radius 3 is 2.38 bits per heavy atom.